The Morgan fingerprint density at radius 3 is 2.44 bits per heavy atom. The molecule has 3 aliphatic rings. The van der Waals surface area contributed by atoms with E-state index in [0.29, 0.717) is 11.4 Å². The van der Waals surface area contributed by atoms with Crippen LogP contribution in [0.3, 0.4) is 0 Å². The zero-order valence-corrected chi connectivity index (χ0v) is 21.9. The summed E-state index contributed by atoms with van der Waals surface area (Å²) in [4.78, 5) is 53.5. The lowest BCUT2D eigenvalue weighted by molar-refractivity contribution is -0.123. The third-order valence-corrected chi connectivity index (χ3v) is 8.57. The maximum absolute atomic E-state index is 13.6. The summed E-state index contributed by atoms with van der Waals surface area (Å²) in [5, 5.41) is 2.75. The van der Waals surface area contributed by atoms with E-state index in [1.54, 1.807) is 18.2 Å². The standard InChI is InChI=1S/C32H30N2O5/c1-18-11-12-26(19(2)13-18)33-27(35)17-39-32(38)21-9-6-10-23(14-21)34-30(36)28-22-15-24(20-7-4-3-5-8-20)25(16-22)29(28)31(34)37/h3-14,22,24-25,28-29H,15-17H2,1-2H3,(H,33,35)/t22-,24+,25+,28+,29-/m0/s1. The van der Waals surface area contributed by atoms with Gasteiger partial charge in [0.1, 0.15) is 0 Å². The van der Waals surface area contributed by atoms with Crippen molar-refractivity contribution in [1.29, 1.82) is 0 Å². The minimum atomic E-state index is -0.698. The van der Waals surface area contributed by atoms with Crippen molar-refractivity contribution in [3.63, 3.8) is 0 Å². The second-order valence-electron chi connectivity index (χ2n) is 11.0. The highest BCUT2D eigenvalue weighted by atomic mass is 16.5. The van der Waals surface area contributed by atoms with Crippen LogP contribution in [-0.2, 0) is 19.1 Å². The molecule has 6 rings (SSSR count). The minimum absolute atomic E-state index is 0.146. The molecule has 1 aliphatic heterocycles. The number of nitrogens with zero attached hydrogens (tertiary/aromatic N) is 1. The highest BCUT2D eigenvalue weighted by Crippen LogP contribution is 2.61. The molecule has 0 aromatic heterocycles. The first-order valence-electron chi connectivity index (χ1n) is 13.4. The van der Waals surface area contributed by atoms with Crippen molar-refractivity contribution in [2.75, 3.05) is 16.8 Å². The number of benzene rings is 3. The van der Waals surface area contributed by atoms with Crippen molar-refractivity contribution in [2.24, 2.45) is 23.7 Å². The van der Waals surface area contributed by atoms with E-state index >= 15 is 0 Å². The molecule has 0 spiro atoms. The van der Waals surface area contributed by atoms with Crippen LogP contribution in [0.25, 0.3) is 0 Å². The van der Waals surface area contributed by atoms with Crippen LogP contribution < -0.4 is 10.2 Å². The number of ether oxygens (including phenoxy) is 1. The number of carbonyl (C=O) groups excluding carboxylic acids is 4. The Labute approximate surface area is 227 Å². The Morgan fingerprint density at radius 1 is 0.897 bits per heavy atom. The predicted octanol–water partition coefficient (Wildman–Crippen LogP) is 5.03. The normalized spacial score (nSPS) is 25.1. The number of rotatable bonds is 6. The summed E-state index contributed by atoms with van der Waals surface area (Å²) < 4.78 is 5.24. The maximum atomic E-state index is 13.6. The number of hydrogen-bond acceptors (Lipinski definition) is 5. The average molecular weight is 523 g/mol. The molecule has 5 atom stereocenters. The molecule has 3 aromatic carbocycles. The highest BCUT2D eigenvalue weighted by molar-refractivity contribution is 6.23. The fourth-order valence-corrected chi connectivity index (χ4v) is 6.92. The summed E-state index contributed by atoms with van der Waals surface area (Å²) in [6.07, 6.45) is 1.82. The Kier molecular flexibility index (Phi) is 6.29. The van der Waals surface area contributed by atoms with Gasteiger partial charge in [0, 0.05) is 5.69 Å². The maximum Gasteiger partial charge on any atom is 0.338 e. The van der Waals surface area contributed by atoms with E-state index < -0.39 is 18.5 Å². The van der Waals surface area contributed by atoms with Crippen molar-refractivity contribution in [1.82, 2.24) is 0 Å². The zero-order chi connectivity index (χ0) is 27.3. The van der Waals surface area contributed by atoms with Crippen LogP contribution in [0, 0.1) is 37.5 Å². The van der Waals surface area contributed by atoms with E-state index in [2.05, 4.69) is 17.4 Å². The number of esters is 1. The molecule has 0 unspecified atom stereocenters. The Morgan fingerprint density at radius 2 is 1.67 bits per heavy atom. The van der Waals surface area contributed by atoms with E-state index in [-0.39, 0.29) is 47.0 Å². The molecule has 3 fully saturated rings. The van der Waals surface area contributed by atoms with Gasteiger partial charge in [0.2, 0.25) is 11.8 Å². The molecule has 0 radical (unpaired) electrons. The SMILES string of the molecule is Cc1ccc(NC(=O)COC(=O)c2cccc(N3C(=O)[C@@H]4[C@@H]5C[C@@H]([C@@H]4C3=O)[C@@H](c3ccccc3)C5)c2)c(C)c1. The van der Waals surface area contributed by atoms with Gasteiger partial charge in [0.15, 0.2) is 6.61 Å². The molecule has 3 amide bonds. The van der Waals surface area contributed by atoms with Gasteiger partial charge in [0.25, 0.3) is 5.91 Å². The van der Waals surface area contributed by atoms with Crippen LogP contribution in [0.5, 0.6) is 0 Å². The topological polar surface area (TPSA) is 92.8 Å². The van der Waals surface area contributed by atoms with Gasteiger partial charge >= 0.3 is 5.97 Å². The van der Waals surface area contributed by atoms with Crippen LogP contribution in [0.15, 0.2) is 72.8 Å². The van der Waals surface area contributed by atoms with E-state index in [9.17, 15) is 19.2 Å². The quantitative estimate of drug-likeness (QED) is 0.362. The Hall–Kier alpha value is -4.26. The predicted molar refractivity (Wildman–Crippen MR) is 146 cm³/mol. The third-order valence-electron chi connectivity index (χ3n) is 8.57. The number of anilines is 2. The molecule has 1 heterocycles. The zero-order valence-electron chi connectivity index (χ0n) is 21.9. The fraction of sp³-hybridized carbons (Fsp3) is 0.312. The van der Waals surface area contributed by atoms with Crippen LogP contribution in [0.2, 0.25) is 0 Å². The van der Waals surface area contributed by atoms with Gasteiger partial charge in [-0.2, -0.15) is 0 Å². The number of nitrogens with one attached hydrogen (secondary N) is 1. The summed E-state index contributed by atoms with van der Waals surface area (Å²) in [6.45, 7) is 3.41. The Bertz CT molecular complexity index is 1480. The van der Waals surface area contributed by atoms with Gasteiger partial charge < -0.3 is 10.1 Å². The molecule has 2 bridgehead atoms. The summed E-state index contributed by atoms with van der Waals surface area (Å²) in [5.41, 5.74) is 4.42. The van der Waals surface area contributed by atoms with Crippen molar-refractivity contribution in [2.45, 2.75) is 32.6 Å². The number of hydrogen-bond donors (Lipinski definition) is 1. The molecular weight excluding hydrogens is 492 g/mol. The van der Waals surface area contributed by atoms with E-state index in [0.717, 1.165) is 24.0 Å². The third kappa shape index (κ3) is 4.42. The summed E-state index contributed by atoms with van der Waals surface area (Å²) in [5.74, 6) is -1.52. The van der Waals surface area contributed by atoms with E-state index in [1.165, 1.54) is 16.5 Å². The molecule has 2 saturated carbocycles. The molecule has 198 valence electrons. The highest BCUT2D eigenvalue weighted by Gasteiger charge is 2.64. The van der Waals surface area contributed by atoms with Crippen LogP contribution in [0.1, 0.15) is 45.8 Å². The van der Waals surface area contributed by atoms with Crippen molar-refractivity contribution >= 4 is 35.1 Å². The largest absolute Gasteiger partial charge is 0.452 e. The fourth-order valence-electron chi connectivity index (χ4n) is 6.92. The number of imide groups is 1. The van der Waals surface area contributed by atoms with Crippen LogP contribution >= 0.6 is 0 Å². The minimum Gasteiger partial charge on any atom is -0.452 e. The second kappa shape index (κ2) is 9.80. The van der Waals surface area contributed by atoms with E-state index in [1.807, 2.05) is 50.2 Å². The lowest BCUT2D eigenvalue weighted by Crippen LogP contribution is -2.33. The number of aryl methyl sites for hydroxylation is 2. The molecule has 39 heavy (non-hydrogen) atoms. The molecule has 1 saturated heterocycles. The first kappa shape index (κ1) is 25.0. The number of fused-ring (bicyclic) bond motifs is 5. The molecular formula is C32H30N2O5. The summed E-state index contributed by atoms with van der Waals surface area (Å²) in [7, 11) is 0. The summed E-state index contributed by atoms with van der Waals surface area (Å²) in [6, 6.07) is 22.2. The van der Waals surface area contributed by atoms with Crippen LogP contribution in [-0.4, -0.2) is 30.3 Å². The molecule has 7 heteroatoms. The molecule has 7 nitrogen and oxygen atoms in total. The van der Waals surface area contributed by atoms with Crippen molar-refractivity contribution in [3.05, 3.63) is 95.1 Å². The van der Waals surface area contributed by atoms with E-state index in [4.69, 9.17) is 4.74 Å². The van der Waals surface area contributed by atoms with Crippen molar-refractivity contribution < 1.29 is 23.9 Å². The molecule has 2 aliphatic carbocycles. The lowest BCUT2D eigenvalue weighted by Gasteiger charge is -2.28. The number of amides is 3. The lowest BCUT2D eigenvalue weighted by atomic mass is 9.73. The first-order chi connectivity index (χ1) is 18.8. The molecule has 1 N–H and O–H groups in total. The van der Waals surface area contributed by atoms with Gasteiger partial charge in [-0.05, 0) is 79.8 Å². The van der Waals surface area contributed by atoms with Crippen LogP contribution in [0.4, 0.5) is 11.4 Å². The van der Waals surface area contributed by atoms with Gasteiger partial charge in [0.05, 0.1) is 23.1 Å². The first-order valence-corrected chi connectivity index (χ1v) is 13.4. The van der Waals surface area contributed by atoms with Gasteiger partial charge in [-0.1, -0.05) is 54.1 Å². The molecule has 3 aromatic rings. The Balaban J connectivity index is 1.14. The van der Waals surface area contributed by atoms with Gasteiger partial charge in [-0.25, -0.2) is 4.79 Å². The number of carbonyl (C=O) groups is 4. The van der Waals surface area contributed by atoms with Crippen molar-refractivity contribution in [3.8, 4) is 0 Å². The van der Waals surface area contributed by atoms with Gasteiger partial charge in [-0.15, -0.1) is 0 Å². The monoisotopic (exact) mass is 522 g/mol. The average Bonchev–Trinajstić information content (AvgIpc) is 3.60. The smallest absolute Gasteiger partial charge is 0.338 e. The van der Waals surface area contributed by atoms with Gasteiger partial charge in [-0.3, -0.25) is 19.3 Å². The second-order valence-corrected chi connectivity index (χ2v) is 11.0. The summed E-state index contributed by atoms with van der Waals surface area (Å²) >= 11 is 0.